The molecule has 2 N–H and O–H groups in total. The van der Waals surface area contributed by atoms with Gasteiger partial charge in [-0.2, -0.15) is 11.8 Å². The van der Waals surface area contributed by atoms with Crippen molar-refractivity contribution in [1.29, 1.82) is 0 Å². The normalized spacial score (nSPS) is 12.7. The Kier molecular flexibility index (Phi) is 7.94. The number of rotatable bonds is 9. The summed E-state index contributed by atoms with van der Waals surface area (Å²) < 4.78 is 5.22. The lowest BCUT2D eigenvalue weighted by Gasteiger charge is -2.18. The van der Waals surface area contributed by atoms with Crippen LogP contribution in [0, 0.1) is 0 Å². The van der Waals surface area contributed by atoms with Crippen LogP contribution in [0.1, 0.15) is 25.5 Å². The molecule has 0 spiro atoms. The average molecular weight is 282 g/mol. The predicted octanol–water partition coefficient (Wildman–Crippen LogP) is 2.77. The van der Waals surface area contributed by atoms with Gasteiger partial charge in [0.1, 0.15) is 5.75 Å². The van der Waals surface area contributed by atoms with Gasteiger partial charge in [-0.15, -0.1) is 0 Å². The number of ether oxygens (including phenoxy) is 1. The molecule has 0 aromatic heterocycles. The quantitative estimate of drug-likeness (QED) is 0.707. The van der Waals surface area contributed by atoms with Gasteiger partial charge in [0, 0.05) is 24.1 Å². The molecule has 19 heavy (non-hydrogen) atoms. The minimum absolute atomic E-state index is 0.0804. The van der Waals surface area contributed by atoms with E-state index < -0.39 is 0 Å². The van der Waals surface area contributed by atoms with Crippen molar-refractivity contribution in [3.63, 3.8) is 0 Å². The lowest BCUT2D eigenvalue weighted by molar-refractivity contribution is 0.324. The van der Waals surface area contributed by atoms with Crippen molar-refractivity contribution in [2.45, 2.75) is 19.9 Å². The summed E-state index contributed by atoms with van der Waals surface area (Å²) in [4.78, 5) is 2.43. The first-order chi connectivity index (χ1) is 9.21. The van der Waals surface area contributed by atoms with E-state index in [1.807, 2.05) is 30.0 Å². The Morgan fingerprint density at radius 1 is 1.32 bits per heavy atom. The van der Waals surface area contributed by atoms with Crippen molar-refractivity contribution >= 4 is 11.8 Å². The molecule has 0 bridgehead atoms. The van der Waals surface area contributed by atoms with Crippen LogP contribution in [0.25, 0.3) is 0 Å². The summed E-state index contributed by atoms with van der Waals surface area (Å²) in [7, 11) is 1.68. The average Bonchev–Trinajstić information content (AvgIpc) is 2.47. The molecular formula is C15H26N2OS. The van der Waals surface area contributed by atoms with E-state index in [1.54, 1.807) is 7.11 Å². The summed E-state index contributed by atoms with van der Waals surface area (Å²) in [6.45, 7) is 7.80. The van der Waals surface area contributed by atoms with Crippen LogP contribution in [-0.4, -0.2) is 43.1 Å². The largest absolute Gasteiger partial charge is 0.497 e. The minimum atomic E-state index is 0.0804. The second-order valence-corrected chi connectivity index (χ2v) is 5.63. The molecule has 1 aromatic carbocycles. The van der Waals surface area contributed by atoms with E-state index in [0.29, 0.717) is 0 Å². The maximum absolute atomic E-state index is 6.21. The van der Waals surface area contributed by atoms with Crippen molar-refractivity contribution in [3.8, 4) is 5.75 Å². The highest BCUT2D eigenvalue weighted by atomic mass is 32.2. The van der Waals surface area contributed by atoms with Gasteiger partial charge in [0.15, 0.2) is 0 Å². The second kappa shape index (κ2) is 9.23. The van der Waals surface area contributed by atoms with Gasteiger partial charge in [-0.3, -0.25) is 0 Å². The highest BCUT2D eigenvalue weighted by Gasteiger charge is 2.07. The summed E-state index contributed by atoms with van der Waals surface area (Å²) in [5.74, 6) is 2.97. The van der Waals surface area contributed by atoms with E-state index in [0.717, 1.165) is 42.5 Å². The number of hydrogen-bond acceptors (Lipinski definition) is 4. The number of nitrogens with zero attached hydrogens (tertiary/aromatic N) is 1. The fraction of sp³-hybridized carbons (Fsp3) is 0.600. The van der Waals surface area contributed by atoms with E-state index in [4.69, 9.17) is 10.5 Å². The van der Waals surface area contributed by atoms with Crippen molar-refractivity contribution in [3.05, 3.63) is 29.8 Å². The fourth-order valence-electron chi connectivity index (χ4n) is 1.91. The Labute approximate surface area is 121 Å². The van der Waals surface area contributed by atoms with Gasteiger partial charge in [0.2, 0.25) is 0 Å². The van der Waals surface area contributed by atoms with E-state index in [1.165, 1.54) is 0 Å². The van der Waals surface area contributed by atoms with Gasteiger partial charge in [-0.05, 0) is 30.8 Å². The first kappa shape index (κ1) is 16.3. The number of thioether (sulfide) groups is 1. The van der Waals surface area contributed by atoms with Gasteiger partial charge in [-0.1, -0.05) is 26.0 Å². The third-order valence-electron chi connectivity index (χ3n) is 3.27. The summed E-state index contributed by atoms with van der Waals surface area (Å²) in [5.41, 5.74) is 7.36. The van der Waals surface area contributed by atoms with Crippen LogP contribution in [0.5, 0.6) is 5.75 Å². The van der Waals surface area contributed by atoms with E-state index in [2.05, 4.69) is 24.8 Å². The van der Waals surface area contributed by atoms with Gasteiger partial charge < -0.3 is 15.4 Å². The Balaban J connectivity index is 2.32. The molecule has 1 rings (SSSR count). The number of nitrogens with two attached hydrogens (primary N) is 1. The van der Waals surface area contributed by atoms with E-state index in [-0.39, 0.29) is 6.04 Å². The molecule has 0 aliphatic rings. The van der Waals surface area contributed by atoms with Crippen LogP contribution >= 0.6 is 11.8 Å². The van der Waals surface area contributed by atoms with Crippen molar-refractivity contribution in [1.82, 2.24) is 4.90 Å². The van der Waals surface area contributed by atoms with Crippen LogP contribution in [0.4, 0.5) is 0 Å². The number of methoxy groups -OCH3 is 1. The van der Waals surface area contributed by atoms with E-state index >= 15 is 0 Å². The molecule has 108 valence electrons. The number of benzene rings is 1. The number of hydrogen-bond donors (Lipinski definition) is 1. The van der Waals surface area contributed by atoms with Gasteiger partial charge in [-0.25, -0.2) is 0 Å². The summed E-state index contributed by atoms with van der Waals surface area (Å²) >= 11 is 1.92. The highest BCUT2D eigenvalue weighted by Crippen LogP contribution is 2.20. The van der Waals surface area contributed by atoms with Crippen molar-refractivity contribution in [2.75, 3.05) is 38.2 Å². The standard InChI is InChI=1S/C15H26N2OS/c1-4-17(5-2)9-10-19-12-15(16)13-7-6-8-14(11-13)18-3/h6-8,11,15H,4-5,9-10,12,16H2,1-3H3. The van der Waals surface area contributed by atoms with Crippen LogP contribution in [-0.2, 0) is 0 Å². The molecule has 1 atom stereocenters. The van der Waals surface area contributed by atoms with Crippen LogP contribution < -0.4 is 10.5 Å². The molecule has 0 amide bonds. The maximum atomic E-state index is 6.21. The monoisotopic (exact) mass is 282 g/mol. The van der Waals surface area contributed by atoms with Crippen LogP contribution in [0.2, 0.25) is 0 Å². The minimum Gasteiger partial charge on any atom is -0.497 e. The van der Waals surface area contributed by atoms with Crippen LogP contribution in [0.15, 0.2) is 24.3 Å². The maximum Gasteiger partial charge on any atom is 0.119 e. The third kappa shape index (κ3) is 5.85. The first-order valence-corrected chi connectivity index (χ1v) is 8.06. The highest BCUT2D eigenvalue weighted by molar-refractivity contribution is 7.99. The topological polar surface area (TPSA) is 38.5 Å². The second-order valence-electron chi connectivity index (χ2n) is 4.48. The Bertz CT molecular complexity index is 356. The SMILES string of the molecule is CCN(CC)CCSCC(N)c1cccc(OC)c1. The molecule has 3 nitrogen and oxygen atoms in total. The van der Waals surface area contributed by atoms with Gasteiger partial charge in [0.05, 0.1) is 7.11 Å². The lowest BCUT2D eigenvalue weighted by Crippen LogP contribution is -2.25. The molecule has 0 heterocycles. The molecule has 0 aliphatic heterocycles. The molecule has 0 fully saturated rings. The summed E-state index contributed by atoms with van der Waals surface area (Å²) in [6.07, 6.45) is 0. The zero-order chi connectivity index (χ0) is 14.1. The third-order valence-corrected chi connectivity index (χ3v) is 4.33. The molecule has 0 radical (unpaired) electrons. The Morgan fingerprint density at radius 3 is 2.68 bits per heavy atom. The molecular weight excluding hydrogens is 256 g/mol. The lowest BCUT2D eigenvalue weighted by atomic mass is 10.1. The Hall–Kier alpha value is -0.710. The van der Waals surface area contributed by atoms with Crippen molar-refractivity contribution in [2.24, 2.45) is 5.73 Å². The smallest absolute Gasteiger partial charge is 0.119 e. The summed E-state index contributed by atoms with van der Waals surface area (Å²) in [5, 5.41) is 0. The Morgan fingerprint density at radius 2 is 2.05 bits per heavy atom. The zero-order valence-electron chi connectivity index (χ0n) is 12.3. The van der Waals surface area contributed by atoms with Crippen LogP contribution in [0.3, 0.4) is 0 Å². The van der Waals surface area contributed by atoms with E-state index in [9.17, 15) is 0 Å². The van der Waals surface area contributed by atoms with Gasteiger partial charge in [0.25, 0.3) is 0 Å². The molecule has 0 saturated heterocycles. The van der Waals surface area contributed by atoms with Gasteiger partial charge >= 0.3 is 0 Å². The molecule has 4 heteroatoms. The van der Waals surface area contributed by atoms with Crippen molar-refractivity contribution < 1.29 is 4.74 Å². The molecule has 1 aromatic rings. The first-order valence-electron chi connectivity index (χ1n) is 6.90. The zero-order valence-corrected chi connectivity index (χ0v) is 13.1. The summed E-state index contributed by atoms with van der Waals surface area (Å²) in [6, 6.07) is 8.11. The molecule has 0 saturated carbocycles. The fourth-order valence-corrected chi connectivity index (χ4v) is 2.91. The molecule has 0 aliphatic carbocycles. The molecule has 1 unspecified atom stereocenters. The predicted molar refractivity (Wildman–Crippen MR) is 85.0 cm³/mol.